The molecule has 3 nitrogen and oxygen atoms in total. The molecule has 0 aromatic heterocycles. The Balaban J connectivity index is 1.56. The van der Waals surface area contributed by atoms with Gasteiger partial charge in [-0.3, -0.25) is 0 Å². The molecule has 4 heteroatoms. The van der Waals surface area contributed by atoms with Gasteiger partial charge in [-0.15, -0.1) is 0 Å². The fourth-order valence-electron chi connectivity index (χ4n) is 2.66. The molecule has 0 atom stereocenters. The average Bonchev–Trinajstić information content (AvgIpc) is 2.57. The van der Waals surface area contributed by atoms with Crippen LogP contribution in [0.3, 0.4) is 0 Å². The molecule has 2 aromatic rings. The van der Waals surface area contributed by atoms with Gasteiger partial charge in [0.05, 0.1) is 31.0 Å². The third kappa shape index (κ3) is 4.05. The Hall–Kier alpha value is -2.00. The van der Waals surface area contributed by atoms with Gasteiger partial charge in [-0.2, -0.15) is 0 Å². The van der Waals surface area contributed by atoms with Crippen molar-refractivity contribution in [2.45, 2.75) is 31.6 Å². The van der Waals surface area contributed by atoms with Crippen LogP contribution in [-0.2, 0) is 11.3 Å². The van der Waals surface area contributed by atoms with Crippen molar-refractivity contribution in [3.63, 3.8) is 0 Å². The van der Waals surface area contributed by atoms with E-state index in [1.165, 1.54) is 11.1 Å². The van der Waals surface area contributed by atoms with Gasteiger partial charge in [0.25, 0.3) is 0 Å². The molecule has 23 heavy (non-hydrogen) atoms. The number of thiocarbonyl (C=S) groups is 1. The normalized spacial score (nSPS) is 19.5. The second kappa shape index (κ2) is 7.51. The number of rotatable bonds is 6. The Kier molecular flexibility index (Phi) is 5.19. The predicted octanol–water partition coefficient (Wildman–Crippen LogP) is 4.51. The van der Waals surface area contributed by atoms with Crippen molar-refractivity contribution >= 4 is 17.4 Å². The average molecular weight is 325 g/mol. The minimum atomic E-state index is 0.296. The molecule has 1 fully saturated rings. The lowest BCUT2D eigenvalue weighted by molar-refractivity contribution is -0.0182. The Morgan fingerprint density at radius 3 is 2.61 bits per heavy atom. The van der Waals surface area contributed by atoms with E-state index in [0.29, 0.717) is 18.8 Å². The van der Waals surface area contributed by atoms with Gasteiger partial charge in [-0.05, 0) is 53.9 Å². The van der Waals surface area contributed by atoms with E-state index >= 15 is 0 Å². The summed E-state index contributed by atoms with van der Waals surface area (Å²) in [5, 5.41) is 2.44. The van der Waals surface area contributed by atoms with E-state index in [4.69, 9.17) is 9.47 Å². The Labute approximate surface area is 142 Å². The molecule has 0 spiro atoms. The number of isothiocyanates is 1. The van der Waals surface area contributed by atoms with Crippen LogP contribution >= 0.6 is 12.2 Å². The maximum Gasteiger partial charge on any atom is 0.119 e. The van der Waals surface area contributed by atoms with E-state index in [2.05, 4.69) is 52.7 Å². The summed E-state index contributed by atoms with van der Waals surface area (Å²) in [6.07, 6.45) is 2.20. The van der Waals surface area contributed by atoms with Crippen LogP contribution in [0, 0.1) is 0 Å². The highest BCUT2D eigenvalue weighted by Crippen LogP contribution is 2.28. The number of nitrogens with zero attached hydrogens (tertiary/aromatic N) is 1. The van der Waals surface area contributed by atoms with Gasteiger partial charge in [-0.1, -0.05) is 36.4 Å². The fraction of sp³-hybridized carbons (Fsp3) is 0.316. The predicted molar refractivity (Wildman–Crippen MR) is 95.1 cm³/mol. The zero-order valence-electron chi connectivity index (χ0n) is 13.1. The van der Waals surface area contributed by atoms with Crippen molar-refractivity contribution in [1.82, 2.24) is 0 Å². The highest BCUT2D eigenvalue weighted by molar-refractivity contribution is 7.78. The summed E-state index contributed by atoms with van der Waals surface area (Å²) in [5.74, 6) is 0.869. The quantitative estimate of drug-likeness (QED) is 0.578. The second-order valence-electron chi connectivity index (χ2n) is 5.71. The second-order valence-corrected chi connectivity index (χ2v) is 5.89. The minimum absolute atomic E-state index is 0.296. The lowest BCUT2D eigenvalue weighted by atomic mass is 9.90. The van der Waals surface area contributed by atoms with Gasteiger partial charge in [0.2, 0.25) is 0 Å². The van der Waals surface area contributed by atoms with Crippen molar-refractivity contribution in [2.24, 2.45) is 4.99 Å². The zero-order chi connectivity index (χ0) is 16.1. The summed E-state index contributed by atoms with van der Waals surface area (Å²) in [5.41, 5.74) is 3.50. The molecule has 3 rings (SSSR count). The van der Waals surface area contributed by atoms with Crippen LogP contribution in [0.1, 0.15) is 18.4 Å². The smallest absolute Gasteiger partial charge is 0.119 e. The summed E-state index contributed by atoms with van der Waals surface area (Å²) < 4.78 is 11.2. The van der Waals surface area contributed by atoms with Gasteiger partial charge < -0.3 is 9.47 Å². The molecule has 1 saturated carbocycles. The molecule has 0 saturated heterocycles. The molecule has 118 valence electrons. The number of benzene rings is 2. The molecule has 0 radical (unpaired) electrons. The first-order chi connectivity index (χ1) is 11.3. The number of hydrogen-bond donors (Lipinski definition) is 0. The monoisotopic (exact) mass is 325 g/mol. The maximum atomic E-state index is 5.88. The van der Waals surface area contributed by atoms with E-state index in [-0.39, 0.29) is 0 Å². The maximum absolute atomic E-state index is 5.88. The van der Waals surface area contributed by atoms with Gasteiger partial charge in [0, 0.05) is 0 Å². The Morgan fingerprint density at radius 1 is 1.13 bits per heavy atom. The molecular formula is C19H19NO2S. The highest BCUT2D eigenvalue weighted by atomic mass is 32.1. The number of ether oxygens (including phenoxy) is 2. The molecule has 0 N–H and O–H groups in total. The molecule has 0 unspecified atom stereocenters. The molecule has 0 amide bonds. The van der Waals surface area contributed by atoms with Gasteiger partial charge in [0.1, 0.15) is 5.75 Å². The van der Waals surface area contributed by atoms with Crippen LogP contribution in [0.25, 0.3) is 11.1 Å². The molecule has 2 aromatic carbocycles. The lowest BCUT2D eigenvalue weighted by Gasteiger charge is -2.31. The third-order valence-corrected chi connectivity index (χ3v) is 4.25. The molecule has 0 aliphatic heterocycles. The SMILES string of the molecule is COc1cccc(-c2ccc(CO[C@H]3C[C@@H](N=C=S)C3)cc2)c1. The summed E-state index contributed by atoms with van der Waals surface area (Å²) in [6, 6.07) is 16.8. The summed E-state index contributed by atoms with van der Waals surface area (Å²) >= 11 is 4.61. The van der Waals surface area contributed by atoms with Crippen LogP contribution in [0.5, 0.6) is 5.75 Å². The number of methoxy groups -OCH3 is 1. The zero-order valence-corrected chi connectivity index (χ0v) is 13.9. The van der Waals surface area contributed by atoms with Crippen molar-refractivity contribution < 1.29 is 9.47 Å². The third-order valence-electron chi connectivity index (χ3n) is 4.15. The summed E-state index contributed by atoms with van der Waals surface area (Å²) in [4.78, 5) is 4.07. The van der Waals surface area contributed by atoms with Crippen molar-refractivity contribution in [2.75, 3.05) is 7.11 Å². The number of hydrogen-bond acceptors (Lipinski definition) is 4. The first-order valence-corrected chi connectivity index (χ1v) is 8.11. The first kappa shape index (κ1) is 15.9. The van der Waals surface area contributed by atoms with Crippen molar-refractivity contribution in [3.8, 4) is 16.9 Å². The molecule has 1 aliphatic rings. The Morgan fingerprint density at radius 2 is 1.91 bits per heavy atom. The van der Waals surface area contributed by atoms with Crippen LogP contribution in [0.4, 0.5) is 0 Å². The lowest BCUT2D eigenvalue weighted by Crippen LogP contribution is -2.34. The standard InChI is InChI=1S/C19H19NO2S/c1-21-18-4-2-3-16(9-18)15-7-5-14(6-8-15)12-22-19-10-17(11-19)20-13-23/h2-9,17,19H,10-12H2,1H3/t17-,19+. The van der Waals surface area contributed by atoms with Crippen molar-refractivity contribution in [3.05, 3.63) is 54.1 Å². The van der Waals surface area contributed by atoms with E-state index in [0.717, 1.165) is 24.2 Å². The molecule has 1 aliphatic carbocycles. The summed E-state index contributed by atoms with van der Waals surface area (Å²) in [7, 11) is 1.68. The largest absolute Gasteiger partial charge is 0.497 e. The van der Waals surface area contributed by atoms with E-state index in [1.807, 2.05) is 18.2 Å². The van der Waals surface area contributed by atoms with E-state index in [1.54, 1.807) is 7.11 Å². The van der Waals surface area contributed by atoms with Crippen LogP contribution in [0.15, 0.2) is 53.5 Å². The first-order valence-electron chi connectivity index (χ1n) is 7.70. The van der Waals surface area contributed by atoms with Gasteiger partial charge in [-0.25, -0.2) is 4.99 Å². The van der Waals surface area contributed by atoms with Crippen LogP contribution in [0.2, 0.25) is 0 Å². The minimum Gasteiger partial charge on any atom is -0.497 e. The van der Waals surface area contributed by atoms with E-state index in [9.17, 15) is 0 Å². The van der Waals surface area contributed by atoms with Crippen LogP contribution < -0.4 is 4.74 Å². The molecule has 0 bridgehead atoms. The summed E-state index contributed by atoms with van der Waals surface area (Å²) in [6.45, 7) is 0.636. The highest BCUT2D eigenvalue weighted by Gasteiger charge is 2.29. The fourth-order valence-corrected chi connectivity index (χ4v) is 2.81. The molecular weight excluding hydrogens is 306 g/mol. The van der Waals surface area contributed by atoms with E-state index < -0.39 is 0 Å². The molecule has 0 heterocycles. The van der Waals surface area contributed by atoms with Crippen molar-refractivity contribution in [1.29, 1.82) is 0 Å². The topological polar surface area (TPSA) is 30.8 Å². The Bertz CT molecular complexity index is 702. The van der Waals surface area contributed by atoms with Gasteiger partial charge in [0.15, 0.2) is 0 Å². The van der Waals surface area contributed by atoms with Crippen LogP contribution in [-0.4, -0.2) is 24.4 Å². The number of aliphatic imine (C=N–C) groups is 1. The van der Waals surface area contributed by atoms with Gasteiger partial charge >= 0.3 is 0 Å².